The first-order valence-corrected chi connectivity index (χ1v) is 5.21. The summed E-state index contributed by atoms with van der Waals surface area (Å²) in [7, 11) is 1.76. The van der Waals surface area contributed by atoms with E-state index in [1.54, 1.807) is 11.9 Å². The van der Waals surface area contributed by atoms with E-state index in [2.05, 4.69) is 5.16 Å². The van der Waals surface area contributed by atoms with Crippen LogP contribution in [0.15, 0.2) is 10.6 Å². The fraction of sp³-hybridized carbons (Fsp3) is 0.500. The second-order valence-electron chi connectivity index (χ2n) is 4.01. The van der Waals surface area contributed by atoms with Crippen molar-refractivity contribution in [3.63, 3.8) is 0 Å². The van der Waals surface area contributed by atoms with E-state index in [1.165, 1.54) is 6.07 Å². The number of hydrogen-bond acceptors (Lipinski definition) is 5. The molecule has 0 aliphatic carbocycles. The number of carbonyl (C=O) groups excluding carboxylic acids is 1. The van der Waals surface area contributed by atoms with Crippen LogP contribution in [0.2, 0.25) is 0 Å². The molecule has 1 aromatic heterocycles. The molecule has 0 aromatic carbocycles. The molecular formula is C10H13N3O4. The Labute approximate surface area is 97.6 Å². The molecular weight excluding hydrogens is 226 g/mol. The molecule has 7 nitrogen and oxygen atoms in total. The van der Waals surface area contributed by atoms with E-state index in [-0.39, 0.29) is 11.6 Å². The molecule has 1 fully saturated rings. The van der Waals surface area contributed by atoms with Gasteiger partial charge in [-0.25, -0.2) is 4.79 Å². The molecule has 2 heterocycles. The number of nitrogens with zero attached hydrogens (tertiary/aromatic N) is 3. The summed E-state index contributed by atoms with van der Waals surface area (Å²) in [6, 6.07) is 1.38. The second kappa shape index (κ2) is 4.54. The third-order valence-electron chi connectivity index (χ3n) is 2.69. The van der Waals surface area contributed by atoms with Crippen molar-refractivity contribution in [2.75, 3.05) is 26.7 Å². The largest absolute Gasteiger partial charge is 0.476 e. The molecule has 0 bridgehead atoms. The van der Waals surface area contributed by atoms with Crippen LogP contribution in [0.25, 0.3) is 0 Å². The van der Waals surface area contributed by atoms with Crippen LogP contribution in [0.3, 0.4) is 0 Å². The number of aromatic nitrogens is 1. The summed E-state index contributed by atoms with van der Waals surface area (Å²) in [4.78, 5) is 25.6. The van der Waals surface area contributed by atoms with Gasteiger partial charge in [-0.15, -0.1) is 0 Å². The Morgan fingerprint density at radius 3 is 2.94 bits per heavy atom. The first-order chi connectivity index (χ1) is 8.06. The van der Waals surface area contributed by atoms with E-state index in [9.17, 15) is 9.59 Å². The van der Waals surface area contributed by atoms with Crippen LogP contribution < -0.4 is 0 Å². The van der Waals surface area contributed by atoms with Crippen molar-refractivity contribution in [2.24, 2.45) is 0 Å². The Balaban J connectivity index is 1.96. The maximum absolute atomic E-state index is 11.5. The molecule has 17 heavy (non-hydrogen) atoms. The summed E-state index contributed by atoms with van der Waals surface area (Å²) in [6.07, 6.45) is 0. The predicted octanol–water partition coefficient (Wildman–Crippen LogP) is -0.353. The monoisotopic (exact) mass is 239 g/mol. The predicted molar refractivity (Wildman–Crippen MR) is 56.4 cm³/mol. The van der Waals surface area contributed by atoms with Gasteiger partial charge in [0.1, 0.15) is 0 Å². The quantitative estimate of drug-likeness (QED) is 0.775. The average Bonchev–Trinajstić information content (AvgIpc) is 2.72. The molecule has 1 N–H and O–H groups in total. The van der Waals surface area contributed by atoms with Gasteiger partial charge in [-0.3, -0.25) is 9.69 Å². The Kier molecular flexibility index (Phi) is 3.10. The number of carboxylic acids is 1. The number of likely N-dealkylation sites (N-methyl/N-ethyl adjacent to an activating group) is 1. The fourth-order valence-corrected chi connectivity index (χ4v) is 1.65. The van der Waals surface area contributed by atoms with Gasteiger partial charge < -0.3 is 14.5 Å². The van der Waals surface area contributed by atoms with E-state index in [4.69, 9.17) is 9.63 Å². The van der Waals surface area contributed by atoms with Crippen molar-refractivity contribution < 1.29 is 19.2 Å². The molecule has 0 atom stereocenters. The van der Waals surface area contributed by atoms with Crippen molar-refractivity contribution in [1.29, 1.82) is 0 Å². The summed E-state index contributed by atoms with van der Waals surface area (Å²) in [6.45, 7) is 2.13. The van der Waals surface area contributed by atoms with Gasteiger partial charge >= 0.3 is 5.97 Å². The Bertz CT molecular complexity index is 443. The van der Waals surface area contributed by atoms with E-state index < -0.39 is 5.97 Å². The second-order valence-corrected chi connectivity index (χ2v) is 4.01. The van der Waals surface area contributed by atoms with Crippen molar-refractivity contribution in [1.82, 2.24) is 15.0 Å². The van der Waals surface area contributed by atoms with Gasteiger partial charge in [-0.05, 0) is 0 Å². The summed E-state index contributed by atoms with van der Waals surface area (Å²) in [5.41, 5.74) is -0.111. The van der Waals surface area contributed by atoms with Crippen molar-refractivity contribution >= 4 is 11.9 Å². The third kappa shape index (κ3) is 2.62. The number of rotatable bonds is 3. The van der Waals surface area contributed by atoms with Crippen LogP contribution in [0.5, 0.6) is 0 Å². The Morgan fingerprint density at radius 1 is 1.59 bits per heavy atom. The minimum atomic E-state index is -1.12. The van der Waals surface area contributed by atoms with Crippen molar-refractivity contribution in [3.8, 4) is 0 Å². The summed E-state index contributed by atoms with van der Waals surface area (Å²) >= 11 is 0. The van der Waals surface area contributed by atoms with Crippen molar-refractivity contribution in [3.05, 3.63) is 17.5 Å². The highest BCUT2D eigenvalue weighted by molar-refractivity contribution is 5.85. The standard InChI is InChI=1S/C10H13N3O4/c1-12-2-3-13(6-9(12)14)5-7-4-8(10(15)16)11-17-7/h4H,2-3,5-6H2,1H3,(H,15,16). The molecule has 1 amide bonds. The lowest BCUT2D eigenvalue weighted by atomic mass is 10.3. The number of piperazine rings is 1. The lowest BCUT2D eigenvalue weighted by Gasteiger charge is -2.31. The molecule has 0 radical (unpaired) electrons. The molecule has 0 unspecified atom stereocenters. The number of carboxylic acid groups (broad SMARTS) is 1. The van der Waals surface area contributed by atoms with Gasteiger partial charge in [0.05, 0.1) is 13.1 Å². The maximum Gasteiger partial charge on any atom is 0.358 e. The van der Waals surface area contributed by atoms with Crippen LogP contribution in [0, 0.1) is 0 Å². The zero-order chi connectivity index (χ0) is 12.4. The highest BCUT2D eigenvalue weighted by Crippen LogP contribution is 2.10. The molecule has 0 saturated carbocycles. The zero-order valence-electron chi connectivity index (χ0n) is 9.42. The Morgan fingerprint density at radius 2 is 2.35 bits per heavy atom. The van der Waals surface area contributed by atoms with Gasteiger partial charge in [0, 0.05) is 26.2 Å². The fourth-order valence-electron chi connectivity index (χ4n) is 1.65. The van der Waals surface area contributed by atoms with Gasteiger partial charge in [0.15, 0.2) is 11.5 Å². The first kappa shape index (κ1) is 11.6. The molecule has 1 aromatic rings. The smallest absolute Gasteiger partial charge is 0.358 e. The number of carbonyl (C=O) groups is 2. The van der Waals surface area contributed by atoms with Gasteiger partial charge in [0.25, 0.3) is 0 Å². The number of aromatic carboxylic acids is 1. The normalized spacial score (nSPS) is 17.5. The highest BCUT2D eigenvalue weighted by atomic mass is 16.5. The van der Waals surface area contributed by atoms with E-state index in [0.29, 0.717) is 25.4 Å². The molecule has 0 spiro atoms. The van der Waals surface area contributed by atoms with Crippen LogP contribution in [-0.4, -0.2) is 58.6 Å². The first-order valence-electron chi connectivity index (χ1n) is 5.21. The van der Waals surface area contributed by atoms with Gasteiger partial charge in [0.2, 0.25) is 5.91 Å². The average molecular weight is 239 g/mol. The number of amides is 1. The van der Waals surface area contributed by atoms with Crippen LogP contribution in [0.1, 0.15) is 16.2 Å². The van der Waals surface area contributed by atoms with Gasteiger partial charge in [-0.2, -0.15) is 0 Å². The maximum atomic E-state index is 11.5. The van der Waals surface area contributed by atoms with Crippen LogP contribution in [0.4, 0.5) is 0 Å². The zero-order valence-corrected chi connectivity index (χ0v) is 9.42. The molecule has 1 aliphatic rings. The van der Waals surface area contributed by atoms with Gasteiger partial charge in [-0.1, -0.05) is 5.16 Å². The molecule has 92 valence electrons. The number of hydrogen-bond donors (Lipinski definition) is 1. The van der Waals surface area contributed by atoms with E-state index in [0.717, 1.165) is 6.54 Å². The molecule has 1 aliphatic heterocycles. The minimum absolute atomic E-state index is 0.0502. The minimum Gasteiger partial charge on any atom is -0.476 e. The third-order valence-corrected chi connectivity index (χ3v) is 2.69. The molecule has 2 rings (SSSR count). The molecule has 7 heteroatoms. The van der Waals surface area contributed by atoms with E-state index in [1.807, 2.05) is 4.90 Å². The lowest BCUT2D eigenvalue weighted by molar-refractivity contribution is -0.134. The van der Waals surface area contributed by atoms with E-state index >= 15 is 0 Å². The highest BCUT2D eigenvalue weighted by Gasteiger charge is 2.22. The summed E-state index contributed by atoms with van der Waals surface area (Å²) in [5, 5.41) is 12.1. The van der Waals surface area contributed by atoms with Crippen molar-refractivity contribution in [2.45, 2.75) is 6.54 Å². The Hall–Kier alpha value is -1.89. The van der Waals surface area contributed by atoms with Crippen LogP contribution >= 0.6 is 0 Å². The summed E-state index contributed by atoms with van der Waals surface area (Å²) < 4.78 is 4.89. The topological polar surface area (TPSA) is 86.9 Å². The van der Waals surface area contributed by atoms with Crippen LogP contribution in [-0.2, 0) is 11.3 Å². The molecule has 1 saturated heterocycles. The lowest BCUT2D eigenvalue weighted by Crippen LogP contribution is -2.47. The summed E-state index contributed by atoms with van der Waals surface area (Å²) in [5.74, 6) is -0.608. The SMILES string of the molecule is CN1CCN(Cc2cc(C(=O)O)no2)CC1=O.